The van der Waals surface area contributed by atoms with Gasteiger partial charge >= 0.3 is 5.97 Å². The highest BCUT2D eigenvalue weighted by Gasteiger charge is 2.08. The number of esters is 1. The Morgan fingerprint density at radius 2 is 1.61 bits per heavy atom. The highest BCUT2D eigenvalue weighted by atomic mass is 16.5. The van der Waals surface area contributed by atoms with E-state index in [2.05, 4.69) is 10.5 Å². The number of amides is 1. The Morgan fingerprint density at radius 1 is 0.848 bits per heavy atom. The summed E-state index contributed by atoms with van der Waals surface area (Å²) in [6, 6.07) is 27.6. The molecule has 6 nitrogen and oxygen atoms in total. The van der Waals surface area contributed by atoms with Crippen molar-refractivity contribution in [3.63, 3.8) is 0 Å². The smallest absolute Gasteiger partial charge is 0.343 e. The molecule has 33 heavy (non-hydrogen) atoms. The molecule has 0 aliphatic rings. The van der Waals surface area contributed by atoms with Crippen LogP contribution >= 0.6 is 0 Å². The molecule has 6 heteroatoms. The average molecular weight is 438 g/mol. The van der Waals surface area contributed by atoms with E-state index in [0.717, 1.165) is 21.9 Å². The molecule has 0 aromatic heterocycles. The lowest BCUT2D eigenvalue weighted by molar-refractivity contribution is -0.123. The summed E-state index contributed by atoms with van der Waals surface area (Å²) in [5, 5.41) is 6.09. The first-order chi connectivity index (χ1) is 16.1. The van der Waals surface area contributed by atoms with E-state index in [4.69, 9.17) is 9.47 Å². The molecular weight excluding hydrogens is 416 g/mol. The molecule has 0 spiro atoms. The molecule has 0 atom stereocenters. The number of carbonyl (C=O) groups is 2. The van der Waals surface area contributed by atoms with Gasteiger partial charge in [-0.15, -0.1) is 0 Å². The average Bonchev–Trinajstić information content (AvgIpc) is 2.83. The Bertz CT molecular complexity index is 1310. The van der Waals surface area contributed by atoms with Gasteiger partial charge in [0.1, 0.15) is 11.5 Å². The third-order valence-electron chi connectivity index (χ3n) is 4.84. The number of aryl methyl sites for hydroxylation is 1. The molecule has 0 aliphatic carbocycles. The fourth-order valence-corrected chi connectivity index (χ4v) is 3.18. The van der Waals surface area contributed by atoms with E-state index in [1.807, 2.05) is 61.5 Å². The second kappa shape index (κ2) is 10.2. The van der Waals surface area contributed by atoms with Crippen LogP contribution in [0.25, 0.3) is 10.8 Å². The van der Waals surface area contributed by atoms with Crippen LogP contribution in [0.15, 0.2) is 96.1 Å². The number of carbonyl (C=O) groups excluding carboxylic acids is 2. The Kier molecular flexibility index (Phi) is 6.75. The van der Waals surface area contributed by atoms with E-state index >= 15 is 0 Å². The quantitative estimate of drug-likeness (QED) is 0.193. The molecule has 0 saturated heterocycles. The zero-order valence-corrected chi connectivity index (χ0v) is 18.0. The van der Waals surface area contributed by atoms with Crippen molar-refractivity contribution in [1.82, 2.24) is 5.43 Å². The van der Waals surface area contributed by atoms with E-state index in [1.165, 1.54) is 6.21 Å². The monoisotopic (exact) mass is 438 g/mol. The molecule has 164 valence electrons. The molecule has 0 heterocycles. The van der Waals surface area contributed by atoms with Crippen molar-refractivity contribution >= 4 is 28.9 Å². The zero-order valence-electron chi connectivity index (χ0n) is 18.0. The van der Waals surface area contributed by atoms with Gasteiger partial charge in [0, 0.05) is 0 Å². The zero-order chi connectivity index (χ0) is 23.0. The first-order valence-electron chi connectivity index (χ1n) is 10.4. The van der Waals surface area contributed by atoms with Crippen LogP contribution in [0.1, 0.15) is 21.5 Å². The van der Waals surface area contributed by atoms with Crippen LogP contribution in [0.4, 0.5) is 0 Å². The number of hydrazone groups is 1. The van der Waals surface area contributed by atoms with E-state index in [9.17, 15) is 9.59 Å². The summed E-state index contributed by atoms with van der Waals surface area (Å²) in [6.07, 6.45) is 1.50. The van der Waals surface area contributed by atoms with Crippen LogP contribution < -0.4 is 14.9 Å². The Morgan fingerprint density at radius 3 is 2.39 bits per heavy atom. The van der Waals surface area contributed by atoms with Crippen molar-refractivity contribution in [2.75, 3.05) is 6.61 Å². The van der Waals surface area contributed by atoms with Crippen molar-refractivity contribution in [2.24, 2.45) is 5.10 Å². The molecule has 0 radical (unpaired) electrons. The lowest BCUT2D eigenvalue weighted by Crippen LogP contribution is -2.24. The molecular formula is C27H22N2O4. The largest absolute Gasteiger partial charge is 0.484 e. The Balaban J connectivity index is 1.25. The van der Waals surface area contributed by atoms with Crippen LogP contribution in [0.5, 0.6) is 11.5 Å². The number of ether oxygens (including phenoxy) is 2. The first kappa shape index (κ1) is 21.8. The summed E-state index contributed by atoms with van der Waals surface area (Å²) in [6.45, 7) is 1.77. The molecule has 0 unspecified atom stereocenters. The number of nitrogens with one attached hydrogen (secondary N) is 1. The fourth-order valence-electron chi connectivity index (χ4n) is 3.18. The molecule has 0 bridgehead atoms. The van der Waals surface area contributed by atoms with Crippen molar-refractivity contribution in [3.8, 4) is 11.5 Å². The number of nitrogens with zero attached hydrogens (tertiary/aromatic N) is 1. The summed E-state index contributed by atoms with van der Waals surface area (Å²) in [5.41, 5.74) is 4.65. The van der Waals surface area contributed by atoms with Gasteiger partial charge in [0.2, 0.25) is 0 Å². The summed E-state index contributed by atoms with van der Waals surface area (Å²) in [7, 11) is 0. The van der Waals surface area contributed by atoms with Crippen molar-refractivity contribution in [2.45, 2.75) is 6.92 Å². The summed E-state index contributed by atoms with van der Waals surface area (Å²) >= 11 is 0. The molecule has 4 rings (SSSR count). The van der Waals surface area contributed by atoms with Gasteiger partial charge in [-0.05, 0) is 71.8 Å². The Labute approximate surface area is 191 Å². The SMILES string of the molecule is Cc1cccc(C(=O)Oc2ccc(C=NNC(=O)COc3ccc4ccccc4c3)cc2)c1. The maximum atomic E-state index is 12.2. The minimum Gasteiger partial charge on any atom is -0.484 e. The van der Waals surface area contributed by atoms with Gasteiger partial charge in [-0.2, -0.15) is 5.10 Å². The molecule has 0 saturated carbocycles. The summed E-state index contributed by atoms with van der Waals surface area (Å²) in [5.74, 6) is 0.247. The van der Waals surface area contributed by atoms with Gasteiger partial charge in [-0.3, -0.25) is 4.79 Å². The number of hydrogen-bond donors (Lipinski definition) is 1. The second-order valence-corrected chi connectivity index (χ2v) is 7.42. The Hall–Kier alpha value is -4.45. The lowest BCUT2D eigenvalue weighted by atomic mass is 10.1. The molecule has 1 N–H and O–H groups in total. The topological polar surface area (TPSA) is 77.0 Å². The number of hydrogen-bond acceptors (Lipinski definition) is 5. The van der Waals surface area contributed by atoms with Crippen LogP contribution in [-0.2, 0) is 4.79 Å². The maximum absolute atomic E-state index is 12.2. The summed E-state index contributed by atoms with van der Waals surface area (Å²) in [4.78, 5) is 24.2. The van der Waals surface area contributed by atoms with Gasteiger partial charge in [0.05, 0.1) is 11.8 Å². The van der Waals surface area contributed by atoms with Gasteiger partial charge in [-0.25, -0.2) is 10.2 Å². The molecule has 0 fully saturated rings. The van der Waals surface area contributed by atoms with Crippen LogP contribution in [-0.4, -0.2) is 24.7 Å². The lowest BCUT2D eigenvalue weighted by Gasteiger charge is -2.06. The minimum atomic E-state index is -0.418. The van der Waals surface area contributed by atoms with Crippen molar-refractivity contribution in [3.05, 3.63) is 108 Å². The van der Waals surface area contributed by atoms with E-state index in [0.29, 0.717) is 17.1 Å². The highest BCUT2D eigenvalue weighted by molar-refractivity contribution is 5.91. The normalized spacial score (nSPS) is 10.8. The maximum Gasteiger partial charge on any atom is 0.343 e. The number of benzene rings is 4. The van der Waals surface area contributed by atoms with Gasteiger partial charge in [-0.1, -0.05) is 48.0 Å². The molecule has 1 amide bonds. The fraction of sp³-hybridized carbons (Fsp3) is 0.0741. The van der Waals surface area contributed by atoms with Gasteiger partial charge in [0.25, 0.3) is 5.91 Å². The van der Waals surface area contributed by atoms with E-state index < -0.39 is 5.97 Å². The third kappa shape index (κ3) is 6.04. The first-order valence-corrected chi connectivity index (χ1v) is 10.4. The molecule has 4 aromatic carbocycles. The second-order valence-electron chi connectivity index (χ2n) is 7.42. The molecule has 0 aliphatic heterocycles. The van der Waals surface area contributed by atoms with E-state index in [1.54, 1.807) is 36.4 Å². The number of fused-ring (bicyclic) bond motifs is 1. The minimum absolute atomic E-state index is 0.149. The predicted molar refractivity (Wildman–Crippen MR) is 128 cm³/mol. The van der Waals surface area contributed by atoms with Crippen molar-refractivity contribution in [1.29, 1.82) is 0 Å². The predicted octanol–water partition coefficient (Wildman–Crippen LogP) is 4.90. The van der Waals surface area contributed by atoms with Crippen LogP contribution in [0, 0.1) is 6.92 Å². The van der Waals surface area contributed by atoms with Crippen LogP contribution in [0.2, 0.25) is 0 Å². The number of rotatable bonds is 7. The van der Waals surface area contributed by atoms with E-state index in [-0.39, 0.29) is 12.5 Å². The standard InChI is InChI=1S/C27H22N2O4/c1-19-5-4-8-23(15-19)27(31)33-24-12-9-20(10-13-24)17-28-29-26(30)18-32-25-14-11-21-6-2-3-7-22(21)16-25/h2-17H,18H2,1H3,(H,29,30). The van der Waals surface area contributed by atoms with Crippen LogP contribution in [0.3, 0.4) is 0 Å². The van der Waals surface area contributed by atoms with Gasteiger partial charge < -0.3 is 9.47 Å². The third-order valence-corrected chi connectivity index (χ3v) is 4.84. The van der Waals surface area contributed by atoms with Gasteiger partial charge in [0.15, 0.2) is 6.61 Å². The van der Waals surface area contributed by atoms with Crippen molar-refractivity contribution < 1.29 is 19.1 Å². The molecule has 4 aromatic rings. The highest BCUT2D eigenvalue weighted by Crippen LogP contribution is 2.20. The summed E-state index contributed by atoms with van der Waals surface area (Å²) < 4.78 is 10.9.